The Kier molecular flexibility index (Phi) is 5.15. The number of nitro groups is 1. The highest BCUT2D eigenvalue weighted by Crippen LogP contribution is 2.29. The Morgan fingerprint density at radius 3 is 2.43 bits per heavy atom. The molecule has 0 radical (unpaired) electrons. The quantitative estimate of drug-likeness (QED) is 0.328. The third-order valence-electron chi connectivity index (χ3n) is 2.93. The van der Waals surface area contributed by atoms with Crippen LogP contribution in [0.15, 0.2) is 47.4 Å². The molecule has 110 valence electrons. The summed E-state index contributed by atoms with van der Waals surface area (Å²) in [6, 6.07) is 12.5. The lowest BCUT2D eigenvalue weighted by atomic mass is 10.2. The number of hydrazine groups is 1. The molecule has 0 aliphatic heterocycles. The summed E-state index contributed by atoms with van der Waals surface area (Å²) in [6.07, 6.45) is 0. The number of nitrogens with two attached hydrogens (primary N) is 1. The summed E-state index contributed by atoms with van der Waals surface area (Å²) in [5, 5.41) is 19.9. The molecular weight excluding hydrogens is 290 g/mol. The van der Waals surface area contributed by atoms with Crippen LogP contribution in [0, 0.1) is 10.1 Å². The second-order valence-electron chi connectivity index (χ2n) is 4.34. The van der Waals surface area contributed by atoms with Crippen LogP contribution in [-0.4, -0.2) is 10.0 Å². The molecule has 0 aromatic heterocycles. The largest absolute Gasteiger partial charge is 0.392 e. The van der Waals surface area contributed by atoms with Crippen LogP contribution in [0.25, 0.3) is 0 Å². The fraction of sp³-hybridized carbons (Fsp3) is 0.143. The van der Waals surface area contributed by atoms with E-state index in [1.165, 1.54) is 6.07 Å². The summed E-state index contributed by atoms with van der Waals surface area (Å²) in [4.78, 5) is 11.5. The van der Waals surface area contributed by atoms with Gasteiger partial charge >= 0.3 is 0 Å². The molecule has 0 amide bonds. The van der Waals surface area contributed by atoms with Gasteiger partial charge in [-0.05, 0) is 29.3 Å². The number of thioether (sulfide) groups is 1. The molecule has 2 rings (SSSR count). The highest BCUT2D eigenvalue weighted by atomic mass is 32.2. The van der Waals surface area contributed by atoms with E-state index in [2.05, 4.69) is 5.43 Å². The highest BCUT2D eigenvalue weighted by molar-refractivity contribution is 7.98. The van der Waals surface area contributed by atoms with Gasteiger partial charge in [0.1, 0.15) is 5.69 Å². The predicted octanol–water partition coefficient (Wildman–Crippen LogP) is 2.67. The average molecular weight is 305 g/mol. The van der Waals surface area contributed by atoms with Crippen LogP contribution in [0.2, 0.25) is 0 Å². The van der Waals surface area contributed by atoms with Gasteiger partial charge in [0.2, 0.25) is 0 Å². The first-order valence-corrected chi connectivity index (χ1v) is 7.19. The van der Waals surface area contributed by atoms with Gasteiger partial charge in [-0.15, -0.1) is 11.8 Å². The summed E-state index contributed by atoms with van der Waals surface area (Å²) in [5.41, 5.74) is 4.27. The summed E-state index contributed by atoms with van der Waals surface area (Å²) in [5.74, 6) is 5.87. The maximum Gasteiger partial charge on any atom is 0.293 e. The molecule has 0 saturated carbocycles. The van der Waals surface area contributed by atoms with Crippen molar-refractivity contribution in [3.05, 3.63) is 63.7 Å². The fourth-order valence-electron chi connectivity index (χ4n) is 1.80. The van der Waals surface area contributed by atoms with Gasteiger partial charge in [-0.25, -0.2) is 0 Å². The normalized spacial score (nSPS) is 10.4. The molecule has 0 fully saturated rings. The molecule has 2 aromatic carbocycles. The van der Waals surface area contributed by atoms with Crippen molar-refractivity contribution in [1.29, 1.82) is 0 Å². The molecule has 2 aromatic rings. The van der Waals surface area contributed by atoms with E-state index in [-0.39, 0.29) is 12.3 Å². The van der Waals surface area contributed by atoms with Crippen LogP contribution in [0.1, 0.15) is 11.1 Å². The molecule has 4 N–H and O–H groups in total. The summed E-state index contributed by atoms with van der Waals surface area (Å²) in [7, 11) is 0. The molecule has 0 atom stereocenters. The zero-order valence-corrected chi connectivity index (χ0v) is 12.0. The van der Waals surface area contributed by atoms with Crippen molar-refractivity contribution in [3.8, 4) is 0 Å². The van der Waals surface area contributed by atoms with Crippen LogP contribution in [0.4, 0.5) is 11.4 Å². The predicted molar refractivity (Wildman–Crippen MR) is 82.8 cm³/mol. The number of anilines is 1. The molecule has 0 spiro atoms. The molecule has 0 unspecified atom stereocenters. The van der Waals surface area contributed by atoms with Gasteiger partial charge in [0.25, 0.3) is 5.69 Å². The minimum atomic E-state index is -0.459. The van der Waals surface area contributed by atoms with Gasteiger partial charge in [0.05, 0.1) is 11.5 Å². The van der Waals surface area contributed by atoms with Crippen LogP contribution in [-0.2, 0) is 12.4 Å². The monoisotopic (exact) mass is 305 g/mol. The van der Waals surface area contributed by atoms with Crippen LogP contribution in [0.3, 0.4) is 0 Å². The molecule has 0 aliphatic rings. The second kappa shape index (κ2) is 7.07. The number of aliphatic hydroxyl groups excluding tert-OH is 1. The first-order valence-electron chi connectivity index (χ1n) is 6.20. The smallest absolute Gasteiger partial charge is 0.293 e. The minimum absolute atomic E-state index is 0.0185. The standard InChI is InChI=1S/C14H15N3O3S/c15-16-13-6-3-11(7-14(13)17(19)20)9-21-12-4-1-10(8-18)2-5-12/h1-7,16,18H,8-9,15H2. The molecule has 0 aliphatic carbocycles. The lowest BCUT2D eigenvalue weighted by Crippen LogP contribution is -2.09. The number of benzene rings is 2. The first-order chi connectivity index (χ1) is 10.1. The summed E-state index contributed by atoms with van der Waals surface area (Å²) < 4.78 is 0. The van der Waals surface area contributed by atoms with E-state index >= 15 is 0 Å². The maximum absolute atomic E-state index is 11.0. The Morgan fingerprint density at radius 2 is 1.86 bits per heavy atom. The number of rotatable bonds is 6. The van der Waals surface area contributed by atoms with E-state index in [4.69, 9.17) is 10.9 Å². The van der Waals surface area contributed by atoms with Crippen molar-refractivity contribution in [2.45, 2.75) is 17.3 Å². The van der Waals surface area contributed by atoms with E-state index in [1.807, 2.05) is 24.3 Å². The number of nitrogen functional groups attached to an aromatic ring is 1. The van der Waals surface area contributed by atoms with Gasteiger partial charge in [0, 0.05) is 16.7 Å². The SMILES string of the molecule is NNc1ccc(CSc2ccc(CO)cc2)cc1[N+](=O)[O-]. The number of nitro benzene ring substituents is 1. The van der Waals surface area contributed by atoms with Crippen molar-refractivity contribution in [3.63, 3.8) is 0 Å². The third kappa shape index (κ3) is 3.94. The lowest BCUT2D eigenvalue weighted by molar-refractivity contribution is -0.384. The Labute approximate surface area is 126 Å². The van der Waals surface area contributed by atoms with E-state index in [9.17, 15) is 10.1 Å². The molecule has 0 bridgehead atoms. The number of aliphatic hydroxyl groups is 1. The Morgan fingerprint density at radius 1 is 1.19 bits per heavy atom. The van der Waals surface area contributed by atoms with E-state index in [1.54, 1.807) is 23.9 Å². The van der Waals surface area contributed by atoms with E-state index in [0.29, 0.717) is 11.4 Å². The maximum atomic E-state index is 11.0. The Bertz CT molecular complexity index is 632. The third-order valence-corrected chi connectivity index (χ3v) is 4.01. The Balaban J connectivity index is 2.08. The molecule has 0 heterocycles. The molecule has 0 saturated heterocycles. The molecule has 7 heteroatoms. The average Bonchev–Trinajstić information content (AvgIpc) is 2.53. The van der Waals surface area contributed by atoms with Crippen molar-refractivity contribution >= 4 is 23.1 Å². The van der Waals surface area contributed by atoms with Crippen LogP contribution < -0.4 is 11.3 Å². The van der Waals surface area contributed by atoms with Crippen molar-refractivity contribution < 1.29 is 10.0 Å². The Hall–Kier alpha value is -2.09. The van der Waals surface area contributed by atoms with Gasteiger partial charge in [-0.1, -0.05) is 18.2 Å². The van der Waals surface area contributed by atoms with Gasteiger partial charge in [0.15, 0.2) is 0 Å². The molecular formula is C14H15N3O3S. The van der Waals surface area contributed by atoms with E-state index in [0.717, 1.165) is 16.0 Å². The van der Waals surface area contributed by atoms with Gasteiger partial charge in [-0.3, -0.25) is 16.0 Å². The zero-order chi connectivity index (χ0) is 15.2. The number of hydrogen-bond acceptors (Lipinski definition) is 6. The number of nitrogens with one attached hydrogen (secondary N) is 1. The molecule has 6 nitrogen and oxygen atoms in total. The summed E-state index contributed by atoms with van der Waals surface area (Å²) in [6.45, 7) is 0.0185. The van der Waals surface area contributed by atoms with Crippen LogP contribution in [0.5, 0.6) is 0 Å². The zero-order valence-electron chi connectivity index (χ0n) is 11.2. The lowest BCUT2D eigenvalue weighted by Gasteiger charge is -2.06. The van der Waals surface area contributed by atoms with Crippen molar-refractivity contribution in [2.75, 3.05) is 5.43 Å². The van der Waals surface area contributed by atoms with E-state index < -0.39 is 4.92 Å². The number of hydrogen-bond donors (Lipinski definition) is 3. The molecule has 21 heavy (non-hydrogen) atoms. The fourth-order valence-corrected chi connectivity index (χ4v) is 2.64. The minimum Gasteiger partial charge on any atom is -0.392 e. The van der Waals surface area contributed by atoms with Crippen molar-refractivity contribution in [1.82, 2.24) is 0 Å². The topological polar surface area (TPSA) is 101 Å². The van der Waals surface area contributed by atoms with Gasteiger partial charge < -0.3 is 10.5 Å². The van der Waals surface area contributed by atoms with Gasteiger partial charge in [-0.2, -0.15) is 0 Å². The highest BCUT2D eigenvalue weighted by Gasteiger charge is 2.13. The van der Waals surface area contributed by atoms with Crippen molar-refractivity contribution in [2.24, 2.45) is 5.84 Å². The number of nitrogens with zero attached hydrogens (tertiary/aromatic N) is 1. The first kappa shape index (κ1) is 15.3. The van der Waals surface area contributed by atoms with Crippen LogP contribution >= 0.6 is 11.8 Å². The second-order valence-corrected chi connectivity index (χ2v) is 5.39. The summed E-state index contributed by atoms with van der Waals surface area (Å²) >= 11 is 1.57.